The summed E-state index contributed by atoms with van der Waals surface area (Å²) in [6.45, 7) is 2.36. The molecule has 2 aliphatic heterocycles. The monoisotopic (exact) mass is 578 g/mol. The first-order chi connectivity index (χ1) is 17.7. The van der Waals surface area contributed by atoms with Crippen LogP contribution in [-0.4, -0.2) is 42.4 Å². The summed E-state index contributed by atoms with van der Waals surface area (Å²) >= 11 is 24.9. The van der Waals surface area contributed by atoms with E-state index in [9.17, 15) is 14.4 Å². The maximum absolute atomic E-state index is 13.6. The first-order valence-electron chi connectivity index (χ1n) is 11.1. The van der Waals surface area contributed by atoms with Gasteiger partial charge in [0.25, 0.3) is 17.7 Å². The second kappa shape index (κ2) is 9.72. The highest BCUT2D eigenvalue weighted by atomic mass is 35.5. The van der Waals surface area contributed by atoms with Crippen LogP contribution in [0.4, 0.5) is 5.69 Å². The van der Waals surface area contributed by atoms with Crippen LogP contribution < -0.4 is 14.4 Å². The van der Waals surface area contributed by atoms with Gasteiger partial charge < -0.3 is 14.4 Å². The van der Waals surface area contributed by atoms with Crippen molar-refractivity contribution in [3.8, 4) is 11.5 Å². The Morgan fingerprint density at radius 3 is 1.89 bits per heavy atom. The van der Waals surface area contributed by atoms with E-state index in [1.165, 1.54) is 12.0 Å². The van der Waals surface area contributed by atoms with E-state index in [1.807, 2.05) is 6.92 Å². The third kappa shape index (κ3) is 3.92. The van der Waals surface area contributed by atoms with Crippen LogP contribution in [0.15, 0.2) is 48.5 Å². The first-order valence-corrected chi connectivity index (χ1v) is 12.7. The van der Waals surface area contributed by atoms with Gasteiger partial charge in [0, 0.05) is 11.8 Å². The minimum absolute atomic E-state index is 0.143. The molecule has 0 unspecified atom stereocenters. The average molecular weight is 580 g/mol. The van der Waals surface area contributed by atoms with Crippen LogP contribution in [0.2, 0.25) is 20.1 Å². The molecule has 0 bridgehead atoms. The van der Waals surface area contributed by atoms with E-state index in [1.54, 1.807) is 48.5 Å². The van der Waals surface area contributed by atoms with Gasteiger partial charge in [0.2, 0.25) is 0 Å². The van der Waals surface area contributed by atoms with Gasteiger partial charge in [0.1, 0.15) is 17.5 Å². The summed E-state index contributed by atoms with van der Waals surface area (Å²) in [4.78, 5) is 43.1. The van der Waals surface area contributed by atoms with E-state index in [-0.39, 0.29) is 31.2 Å². The number of β-lactam (4-membered cyclic amide) rings is 1. The number of hydrogen-bond donors (Lipinski definition) is 0. The molecule has 0 radical (unpaired) electrons. The number of methoxy groups -OCH3 is 1. The normalized spacial score (nSPS) is 18.7. The number of benzene rings is 3. The Morgan fingerprint density at radius 1 is 0.757 bits per heavy atom. The molecule has 11 heteroatoms. The summed E-state index contributed by atoms with van der Waals surface area (Å²) in [5.41, 5.74) is 0.868. The molecule has 0 N–H and O–H groups in total. The van der Waals surface area contributed by atoms with Crippen LogP contribution in [0.1, 0.15) is 39.2 Å². The van der Waals surface area contributed by atoms with Crippen molar-refractivity contribution in [3.63, 3.8) is 0 Å². The maximum atomic E-state index is 13.6. The average Bonchev–Trinajstić information content (AvgIpc) is 3.15. The Hall–Kier alpha value is -2.97. The standard InChI is InChI=1S/C26H18Cl4N2O5/c1-3-37-14-9-7-12(8-10-14)22-23(26(35)31(22)13-5-4-6-15(11-13)36-2)32-24(33)16-17(25(32)34)19(28)21(30)20(29)18(16)27/h4-11,22-23H,3H2,1-2H3/t22-,23-/m0/s1. The molecule has 0 aromatic heterocycles. The zero-order valence-corrected chi connectivity index (χ0v) is 22.5. The SMILES string of the molecule is CCOc1ccc([C@H]2[C@H](N3C(=O)c4c(Cl)c(Cl)c(Cl)c(Cl)c4C3=O)C(=O)N2c2cccc(OC)c2)cc1. The van der Waals surface area contributed by atoms with Gasteiger partial charge in [-0.1, -0.05) is 64.6 Å². The first kappa shape index (κ1) is 25.7. The lowest BCUT2D eigenvalue weighted by Gasteiger charge is -2.49. The molecule has 1 fully saturated rings. The molecule has 2 aliphatic rings. The van der Waals surface area contributed by atoms with Crippen LogP contribution in [0, 0.1) is 0 Å². The fraction of sp³-hybridized carbons (Fsp3) is 0.192. The minimum Gasteiger partial charge on any atom is -0.497 e. The van der Waals surface area contributed by atoms with E-state index < -0.39 is 29.8 Å². The maximum Gasteiger partial charge on any atom is 0.264 e. The minimum atomic E-state index is -1.17. The van der Waals surface area contributed by atoms with Crippen LogP contribution in [0.3, 0.4) is 0 Å². The highest BCUT2D eigenvalue weighted by Crippen LogP contribution is 2.49. The zero-order chi connectivity index (χ0) is 26.6. The summed E-state index contributed by atoms with van der Waals surface area (Å²) < 4.78 is 10.9. The van der Waals surface area contributed by atoms with Crippen molar-refractivity contribution in [2.45, 2.75) is 19.0 Å². The zero-order valence-electron chi connectivity index (χ0n) is 19.4. The molecule has 3 aromatic rings. The van der Waals surface area contributed by atoms with Crippen LogP contribution >= 0.6 is 46.4 Å². The van der Waals surface area contributed by atoms with Gasteiger partial charge in [-0.3, -0.25) is 19.3 Å². The molecule has 2 atom stereocenters. The van der Waals surface area contributed by atoms with Gasteiger partial charge in [0.05, 0.1) is 51.0 Å². The largest absolute Gasteiger partial charge is 0.497 e. The molecule has 3 aromatic carbocycles. The Morgan fingerprint density at radius 2 is 1.35 bits per heavy atom. The Bertz CT molecular complexity index is 1410. The molecule has 190 valence electrons. The van der Waals surface area contributed by atoms with Crippen molar-refractivity contribution in [1.29, 1.82) is 0 Å². The summed E-state index contributed by atoms with van der Waals surface area (Å²) in [7, 11) is 1.52. The Balaban J connectivity index is 1.61. The smallest absolute Gasteiger partial charge is 0.264 e. The molecule has 7 nitrogen and oxygen atoms in total. The van der Waals surface area contributed by atoms with Crippen LogP contribution in [-0.2, 0) is 4.79 Å². The third-order valence-electron chi connectivity index (χ3n) is 6.34. The third-order valence-corrected chi connectivity index (χ3v) is 8.14. The van der Waals surface area contributed by atoms with E-state index in [0.717, 1.165) is 4.90 Å². The number of rotatable bonds is 6. The number of carbonyl (C=O) groups excluding carboxylic acids is 3. The lowest BCUT2D eigenvalue weighted by Crippen LogP contribution is -2.67. The molecule has 37 heavy (non-hydrogen) atoms. The number of fused-ring (bicyclic) bond motifs is 1. The van der Waals surface area contributed by atoms with Gasteiger partial charge in [-0.15, -0.1) is 0 Å². The highest BCUT2D eigenvalue weighted by Gasteiger charge is 2.58. The number of amides is 3. The van der Waals surface area contributed by atoms with Gasteiger partial charge in [-0.25, -0.2) is 0 Å². The number of halogens is 4. The number of nitrogens with zero attached hydrogens (tertiary/aromatic N) is 2. The summed E-state index contributed by atoms with van der Waals surface area (Å²) in [6.07, 6.45) is 0. The predicted octanol–water partition coefficient (Wildman–Crippen LogP) is 6.46. The molecule has 2 heterocycles. The second-order valence-electron chi connectivity index (χ2n) is 8.29. The van der Waals surface area contributed by atoms with Crippen molar-refractivity contribution >= 4 is 69.8 Å². The van der Waals surface area contributed by atoms with Crippen LogP contribution in [0.5, 0.6) is 11.5 Å². The molecular weight excluding hydrogens is 562 g/mol. The van der Waals surface area contributed by atoms with Gasteiger partial charge in [-0.2, -0.15) is 0 Å². The van der Waals surface area contributed by atoms with E-state index in [0.29, 0.717) is 29.4 Å². The number of hydrogen-bond acceptors (Lipinski definition) is 5. The number of anilines is 1. The van der Waals surface area contributed by atoms with Crippen molar-refractivity contribution in [3.05, 3.63) is 85.3 Å². The number of carbonyl (C=O) groups is 3. The fourth-order valence-corrected chi connectivity index (χ4v) is 5.67. The molecule has 5 rings (SSSR count). The number of ether oxygens (including phenoxy) is 2. The van der Waals surface area contributed by atoms with Gasteiger partial charge >= 0.3 is 0 Å². The lowest BCUT2D eigenvalue weighted by molar-refractivity contribution is -0.130. The molecule has 0 aliphatic carbocycles. The Kier molecular flexibility index (Phi) is 6.75. The van der Waals surface area contributed by atoms with E-state index >= 15 is 0 Å². The molecule has 0 saturated carbocycles. The summed E-state index contributed by atoms with van der Waals surface area (Å²) in [5.74, 6) is -0.825. The highest BCUT2D eigenvalue weighted by molar-refractivity contribution is 6.55. The number of imide groups is 1. The Labute approximate surface area is 232 Å². The van der Waals surface area contributed by atoms with Crippen molar-refractivity contribution < 1.29 is 23.9 Å². The second-order valence-corrected chi connectivity index (χ2v) is 9.80. The summed E-state index contributed by atoms with van der Waals surface area (Å²) in [6, 6.07) is 12.2. The molecular formula is C26H18Cl4N2O5. The quantitative estimate of drug-likeness (QED) is 0.145. The summed E-state index contributed by atoms with van der Waals surface area (Å²) in [5, 5.41) is -0.672. The fourth-order valence-electron chi connectivity index (χ4n) is 4.65. The van der Waals surface area contributed by atoms with Crippen molar-refractivity contribution in [1.82, 2.24) is 4.90 Å². The molecule has 3 amide bonds. The van der Waals surface area contributed by atoms with Crippen LogP contribution in [0.25, 0.3) is 0 Å². The van der Waals surface area contributed by atoms with Crippen molar-refractivity contribution in [2.24, 2.45) is 0 Å². The predicted molar refractivity (Wildman–Crippen MR) is 142 cm³/mol. The molecule has 0 spiro atoms. The topological polar surface area (TPSA) is 76.2 Å². The van der Waals surface area contributed by atoms with E-state index in [2.05, 4.69) is 0 Å². The molecule has 1 saturated heterocycles. The van der Waals surface area contributed by atoms with Gasteiger partial charge in [0.15, 0.2) is 0 Å². The van der Waals surface area contributed by atoms with Crippen molar-refractivity contribution in [2.75, 3.05) is 18.6 Å². The lowest BCUT2D eigenvalue weighted by atomic mass is 9.86. The van der Waals surface area contributed by atoms with E-state index in [4.69, 9.17) is 55.9 Å². The van der Waals surface area contributed by atoms with Gasteiger partial charge in [-0.05, 0) is 36.8 Å².